The van der Waals surface area contributed by atoms with E-state index in [0.717, 1.165) is 5.56 Å². The molecule has 0 spiro atoms. The fraction of sp³-hybridized carbons (Fsp3) is 0.462. The highest BCUT2D eigenvalue weighted by atomic mass is 16.5. The van der Waals surface area contributed by atoms with Gasteiger partial charge in [0.25, 0.3) is 0 Å². The van der Waals surface area contributed by atoms with Gasteiger partial charge in [-0.3, -0.25) is 4.79 Å². The highest BCUT2D eigenvalue weighted by Gasteiger charge is 2.25. The van der Waals surface area contributed by atoms with Crippen molar-refractivity contribution >= 4 is 5.78 Å². The van der Waals surface area contributed by atoms with Gasteiger partial charge in [-0.1, -0.05) is 12.1 Å². The average molecular weight is 238 g/mol. The summed E-state index contributed by atoms with van der Waals surface area (Å²) in [5.41, 5.74) is 0.459. The predicted octanol–water partition coefficient (Wildman–Crippen LogP) is 1.28. The molecule has 0 saturated heterocycles. The van der Waals surface area contributed by atoms with Crippen molar-refractivity contribution in [2.24, 2.45) is 0 Å². The van der Waals surface area contributed by atoms with E-state index >= 15 is 0 Å². The van der Waals surface area contributed by atoms with Crippen LogP contribution in [-0.2, 0) is 18.0 Å². The van der Waals surface area contributed by atoms with Crippen LogP contribution in [0, 0.1) is 0 Å². The second-order valence-electron chi connectivity index (χ2n) is 4.46. The minimum atomic E-state index is -1.41. The summed E-state index contributed by atoms with van der Waals surface area (Å²) in [7, 11) is 1.57. The van der Waals surface area contributed by atoms with Gasteiger partial charge in [-0.25, -0.2) is 0 Å². The lowest BCUT2D eigenvalue weighted by Crippen LogP contribution is -2.31. The predicted molar refractivity (Wildman–Crippen MR) is 63.7 cm³/mol. The molecule has 94 valence electrons. The lowest BCUT2D eigenvalue weighted by atomic mass is 9.94. The Balaban J connectivity index is 3.09. The number of aliphatic hydroxyl groups excluding tert-OH is 1. The van der Waals surface area contributed by atoms with Crippen molar-refractivity contribution in [3.8, 4) is 0 Å². The van der Waals surface area contributed by atoms with Crippen LogP contribution in [-0.4, -0.2) is 28.7 Å². The summed E-state index contributed by atoms with van der Waals surface area (Å²) in [5, 5.41) is 18.9. The van der Waals surface area contributed by atoms with Crippen LogP contribution in [0.5, 0.6) is 0 Å². The second kappa shape index (κ2) is 5.40. The summed E-state index contributed by atoms with van der Waals surface area (Å²) in [6, 6.07) is 4.95. The largest absolute Gasteiger partial charge is 0.392 e. The van der Waals surface area contributed by atoms with Crippen molar-refractivity contribution in [2.75, 3.05) is 7.11 Å². The van der Waals surface area contributed by atoms with Crippen molar-refractivity contribution in [1.82, 2.24) is 0 Å². The number of ketones is 1. The molecule has 17 heavy (non-hydrogen) atoms. The van der Waals surface area contributed by atoms with Gasteiger partial charge in [-0.05, 0) is 31.0 Å². The first-order chi connectivity index (χ1) is 7.90. The number of hydrogen-bond donors (Lipinski definition) is 2. The summed E-state index contributed by atoms with van der Waals surface area (Å²) >= 11 is 0. The van der Waals surface area contributed by atoms with E-state index in [1.807, 2.05) is 0 Å². The first kappa shape index (κ1) is 13.8. The fourth-order valence-electron chi connectivity index (χ4n) is 1.56. The van der Waals surface area contributed by atoms with Gasteiger partial charge in [0.2, 0.25) is 0 Å². The van der Waals surface area contributed by atoms with Crippen LogP contribution in [0.1, 0.15) is 35.3 Å². The molecule has 0 atom stereocenters. The molecule has 0 radical (unpaired) electrons. The molecule has 0 unspecified atom stereocenters. The van der Waals surface area contributed by atoms with Crippen molar-refractivity contribution in [3.63, 3.8) is 0 Å². The number of benzene rings is 1. The maximum Gasteiger partial charge on any atom is 0.193 e. The molecule has 1 aromatic rings. The summed E-state index contributed by atoms with van der Waals surface area (Å²) in [6.07, 6.45) is 0. The van der Waals surface area contributed by atoms with Gasteiger partial charge in [-0.15, -0.1) is 0 Å². The standard InChI is InChI=1S/C13H18O4/c1-13(2,16)12(15)9-4-5-10(8-17-3)11(6-9)7-14/h4-6,14,16H,7-8H2,1-3H3. The van der Waals surface area contributed by atoms with Crippen LogP contribution in [0.15, 0.2) is 18.2 Å². The zero-order valence-electron chi connectivity index (χ0n) is 10.4. The van der Waals surface area contributed by atoms with Gasteiger partial charge in [0.05, 0.1) is 13.2 Å². The minimum absolute atomic E-state index is 0.161. The molecule has 0 aliphatic heterocycles. The Hall–Kier alpha value is -1.23. The van der Waals surface area contributed by atoms with Gasteiger partial charge in [0.15, 0.2) is 5.78 Å². The van der Waals surface area contributed by atoms with E-state index in [4.69, 9.17) is 4.74 Å². The Morgan fingerprint density at radius 3 is 2.47 bits per heavy atom. The molecule has 0 fully saturated rings. The monoisotopic (exact) mass is 238 g/mol. The molecular formula is C13H18O4. The van der Waals surface area contributed by atoms with Crippen LogP contribution in [0.4, 0.5) is 0 Å². The summed E-state index contributed by atoms with van der Waals surface area (Å²) < 4.78 is 4.99. The van der Waals surface area contributed by atoms with Gasteiger partial charge in [-0.2, -0.15) is 0 Å². The molecular weight excluding hydrogens is 220 g/mol. The van der Waals surface area contributed by atoms with E-state index in [1.165, 1.54) is 13.8 Å². The van der Waals surface area contributed by atoms with Crippen molar-refractivity contribution in [1.29, 1.82) is 0 Å². The Morgan fingerprint density at radius 2 is 2.00 bits per heavy atom. The van der Waals surface area contributed by atoms with Crippen LogP contribution >= 0.6 is 0 Å². The van der Waals surface area contributed by atoms with Crippen LogP contribution in [0.3, 0.4) is 0 Å². The third kappa shape index (κ3) is 3.36. The maximum absolute atomic E-state index is 11.8. The van der Waals surface area contributed by atoms with Crippen molar-refractivity contribution < 1.29 is 19.7 Å². The summed E-state index contributed by atoms with van der Waals surface area (Å²) in [5.74, 6) is -0.365. The minimum Gasteiger partial charge on any atom is -0.392 e. The van der Waals surface area contributed by atoms with E-state index < -0.39 is 5.60 Å². The first-order valence-corrected chi connectivity index (χ1v) is 5.39. The number of rotatable bonds is 5. The van der Waals surface area contributed by atoms with Gasteiger partial charge in [0, 0.05) is 12.7 Å². The van der Waals surface area contributed by atoms with Gasteiger partial charge in [0.1, 0.15) is 5.60 Å². The first-order valence-electron chi connectivity index (χ1n) is 5.39. The van der Waals surface area contributed by atoms with E-state index in [1.54, 1.807) is 25.3 Å². The Labute approximate surface area is 101 Å². The molecule has 1 rings (SSSR count). The molecule has 0 aromatic heterocycles. The van der Waals surface area contributed by atoms with E-state index in [9.17, 15) is 15.0 Å². The number of ether oxygens (including phenoxy) is 1. The molecule has 4 nitrogen and oxygen atoms in total. The van der Waals surface area contributed by atoms with Crippen LogP contribution in [0.2, 0.25) is 0 Å². The highest BCUT2D eigenvalue weighted by Crippen LogP contribution is 2.18. The molecule has 0 saturated carbocycles. The highest BCUT2D eigenvalue weighted by molar-refractivity contribution is 6.01. The maximum atomic E-state index is 11.8. The smallest absolute Gasteiger partial charge is 0.193 e. The Bertz CT molecular complexity index is 404. The van der Waals surface area contributed by atoms with E-state index in [2.05, 4.69) is 0 Å². The molecule has 0 amide bonds. The summed E-state index contributed by atoms with van der Waals surface area (Å²) in [4.78, 5) is 11.8. The average Bonchev–Trinajstić information content (AvgIpc) is 2.28. The zero-order chi connectivity index (χ0) is 13.1. The molecule has 0 aliphatic rings. The third-order valence-corrected chi connectivity index (χ3v) is 2.49. The number of methoxy groups -OCH3 is 1. The van der Waals surface area contributed by atoms with Crippen LogP contribution < -0.4 is 0 Å². The summed E-state index contributed by atoms with van der Waals surface area (Å²) in [6.45, 7) is 3.10. The van der Waals surface area contributed by atoms with Crippen molar-refractivity contribution in [2.45, 2.75) is 32.7 Å². The molecule has 4 heteroatoms. The number of aliphatic hydroxyl groups is 2. The molecule has 1 aromatic carbocycles. The number of carbonyl (C=O) groups is 1. The molecule has 0 heterocycles. The number of Topliss-reactive ketones (excluding diaryl/α,β-unsaturated/α-hetero) is 1. The fourth-order valence-corrected chi connectivity index (χ4v) is 1.56. The topological polar surface area (TPSA) is 66.8 Å². The normalized spacial score (nSPS) is 11.6. The molecule has 0 aliphatic carbocycles. The van der Waals surface area contributed by atoms with E-state index in [0.29, 0.717) is 17.7 Å². The lowest BCUT2D eigenvalue weighted by Gasteiger charge is -2.16. The molecule has 2 N–H and O–H groups in total. The van der Waals surface area contributed by atoms with Crippen LogP contribution in [0.25, 0.3) is 0 Å². The zero-order valence-corrected chi connectivity index (χ0v) is 10.4. The second-order valence-corrected chi connectivity index (χ2v) is 4.46. The van der Waals surface area contributed by atoms with Crippen molar-refractivity contribution in [3.05, 3.63) is 34.9 Å². The molecule has 0 bridgehead atoms. The van der Waals surface area contributed by atoms with Gasteiger partial charge < -0.3 is 14.9 Å². The lowest BCUT2D eigenvalue weighted by molar-refractivity contribution is 0.0487. The number of hydrogen-bond acceptors (Lipinski definition) is 4. The quantitative estimate of drug-likeness (QED) is 0.758. The van der Waals surface area contributed by atoms with E-state index in [-0.39, 0.29) is 12.4 Å². The Morgan fingerprint density at radius 1 is 1.35 bits per heavy atom. The third-order valence-electron chi connectivity index (χ3n) is 2.49. The number of carbonyl (C=O) groups excluding carboxylic acids is 1. The SMILES string of the molecule is COCc1ccc(C(=O)C(C)(C)O)cc1CO. The van der Waals surface area contributed by atoms with Gasteiger partial charge >= 0.3 is 0 Å². The Kier molecular flexibility index (Phi) is 4.40.